The Bertz CT molecular complexity index is 672. The summed E-state index contributed by atoms with van der Waals surface area (Å²) in [5.74, 6) is 1.12. The van der Waals surface area contributed by atoms with Crippen LogP contribution in [0.5, 0.6) is 0 Å². The summed E-state index contributed by atoms with van der Waals surface area (Å²) in [5, 5.41) is 11.4. The van der Waals surface area contributed by atoms with Gasteiger partial charge in [0.25, 0.3) is 0 Å². The number of amides is 1. The van der Waals surface area contributed by atoms with Gasteiger partial charge in [0.1, 0.15) is 0 Å². The summed E-state index contributed by atoms with van der Waals surface area (Å²) in [6, 6.07) is 0.573. The van der Waals surface area contributed by atoms with Crippen LogP contribution in [-0.2, 0) is 18.3 Å². The van der Waals surface area contributed by atoms with Crippen LogP contribution in [0, 0.1) is 13.8 Å². The second-order valence-electron chi connectivity index (χ2n) is 7.56. The van der Waals surface area contributed by atoms with E-state index in [0.29, 0.717) is 18.4 Å². The van der Waals surface area contributed by atoms with E-state index >= 15 is 0 Å². The first-order valence-electron chi connectivity index (χ1n) is 10.1. The highest BCUT2D eigenvalue weighted by Crippen LogP contribution is 2.17. The molecule has 2 atom stereocenters. The molecule has 0 aliphatic carbocycles. The van der Waals surface area contributed by atoms with Gasteiger partial charge in [-0.3, -0.25) is 14.5 Å². The number of hydrogen-bond acceptors (Lipinski definition) is 3. The Kier molecular flexibility index (Phi) is 10.3. The van der Waals surface area contributed by atoms with Crippen LogP contribution in [0.2, 0.25) is 0 Å². The molecule has 1 amide bonds. The van der Waals surface area contributed by atoms with Crippen molar-refractivity contribution in [2.75, 3.05) is 20.1 Å². The number of aromatic nitrogens is 2. The molecule has 1 saturated heterocycles. The van der Waals surface area contributed by atoms with Gasteiger partial charge in [-0.15, -0.1) is 24.0 Å². The molecule has 1 aromatic heterocycles. The van der Waals surface area contributed by atoms with Gasteiger partial charge >= 0.3 is 0 Å². The van der Waals surface area contributed by atoms with Crippen molar-refractivity contribution in [3.63, 3.8) is 0 Å². The Morgan fingerprint density at radius 3 is 2.57 bits per heavy atom. The van der Waals surface area contributed by atoms with Crippen molar-refractivity contribution in [1.29, 1.82) is 0 Å². The number of carbonyl (C=O) groups excluding carboxylic acids is 1. The first kappa shape index (κ1) is 24.7. The molecule has 1 aliphatic rings. The molecule has 0 aromatic carbocycles. The maximum atomic E-state index is 12.0. The van der Waals surface area contributed by atoms with Crippen molar-refractivity contribution < 1.29 is 4.79 Å². The molecule has 7 nitrogen and oxygen atoms in total. The van der Waals surface area contributed by atoms with Crippen LogP contribution in [0.3, 0.4) is 0 Å². The summed E-state index contributed by atoms with van der Waals surface area (Å²) in [4.78, 5) is 18.4. The molecule has 1 aliphatic heterocycles. The number of guanidine groups is 1. The number of likely N-dealkylation sites (tertiary alicyclic amines) is 1. The lowest BCUT2D eigenvalue weighted by Gasteiger charge is -2.27. The number of rotatable bonds is 8. The molecule has 2 heterocycles. The van der Waals surface area contributed by atoms with Crippen LogP contribution >= 0.6 is 24.0 Å². The highest BCUT2D eigenvalue weighted by atomic mass is 127. The van der Waals surface area contributed by atoms with Crippen molar-refractivity contribution in [2.24, 2.45) is 12.0 Å². The number of nitrogens with zero attached hydrogens (tertiary/aromatic N) is 4. The van der Waals surface area contributed by atoms with Crippen molar-refractivity contribution in [3.05, 3.63) is 17.0 Å². The van der Waals surface area contributed by atoms with E-state index in [9.17, 15) is 4.79 Å². The third kappa shape index (κ3) is 6.35. The van der Waals surface area contributed by atoms with Crippen LogP contribution < -0.4 is 10.6 Å². The Labute approximate surface area is 186 Å². The lowest BCUT2D eigenvalue weighted by atomic mass is 10.1. The maximum absolute atomic E-state index is 12.0. The molecule has 1 aromatic rings. The van der Waals surface area contributed by atoms with Gasteiger partial charge in [0.2, 0.25) is 5.91 Å². The summed E-state index contributed by atoms with van der Waals surface area (Å²) >= 11 is 0. The van der Waals surface area contributed by atoms with Gasteiger partial charge < -0.3 is 15.5 Å². The van der Waals surface area contributed by atoms with Gasteiger partial charge in [-0.05, 0) is 52.0 Å². The minimum atomic E-state index is 0. The average Bonchev–Trinajstić information content (AvgIpc) is 3.16. The van der Waals surface area contributed by atoms with E-state index < -0.39 is 0 Å². The molecular formula is C20H37IN6O. The first-order chi connectivity index (χ1) is 12.9. The molecule has 0 spiro atoms. The van der Waals surface area contributed by atoms with Gasteiger partial charge in [0.05, 0.1) is 5.69 Å². The number of halogens is 1. The molecule has 1 fully saturated rings. The van der Waals surface area contributed by atoms with Crippen LogP contribution in [0.25, 0.3) is 0 Å². The van der Waals surface area contributed by atoms with Gasteiger partial charge in [-0.2, -0.15) is 5.10 Å². The highest BCUT2D eigenvalue weighted by molar-refractivity contribution is 14.0. The summed E-state index contributed by atoms with van der Waals surface area (Å²) in [6.45, 7) is 10.2. The fourth-order valence-corrected chi connectivity index (χ4v) is 3.89. The predicted molar refractivity (Wildman–Crippen MR) is 125 cm³/mol. The van der Waals surface area contributed by atoms with E-state index in [1.807, 2.05) is 11.7 Å². The molecular weight excluding hydrogens is 467 g/mol. The Morgan fingerprint density at radius 1 is 1.36 bits per heavy atom. The molecule has 160 valence electrons. The number of aryl methyl sites for hydroxylation is 2. The largest absolute Gasteiger partial charge is 0.356 e. The lowest BCUT2D eigenvalue weighted by Crippen LogP contribution is -2.45. The van der Waals surface area contributed by atoms with Crippen LogP contribution in [0.4, 0.5) is 0 Å². The van der Waals surface area contributed by atoms with Crippen molar-refractivity contribution >= 4 is 35.8 Å². The summed E-state index contributed by atoms with van der Waals surface area (Å²) < 4.78 is 1.94. The third-order valence-electron chi connectivity index (χ3n) is 5.57. The van der Waals surface area contributed by atoms with E-state index in [0.717, 1.165) is 50.4 Å². The topological polar surface area (TPSA) is 74.6 Å². The van der Waals surface area contributed by atoms with Crippen LogP contribution in [0.15, 0.2) is 4.99 Å². The maximum Gasteiger partial charge on any atom is 0.222 e. The fourth-order valence-electron chi connectivity index (χ4n) is 3.89. The van der Waals surface area contributed by atoms with Crippen molar-refractivity contribution in [1.82, 2.24) is 25.3 Å². The summed E-state index contributed by atoms with van der Waals surface area (Å²) in [6.07, 6.45) is 4.55. The summed E-state index contributed by atoms with van der Waals surface area (Å²) in [7, 11) is 3.78. The molecule has 0 saturated carbocycles. The molecule has 28 heavy (non-hydrogen) atoms. The van der Waals surface area contributed by atoms with Gasteiger partial charge in [0.15, 0.2) is 5.96 Å². The van der Waals surface area contributed by atoms with Crippen molar-refractivity contribution in [2.45, 2.75) is 71.9 Å². The molecule has 0 bridgehead atoms. The quantitative estimate of drug-likeness (QED) is 0.324. The zero-order chi connectivity index (χ0) is 20.0. The van der Waals surface area contributed by atoms with E-state index in [-0.39, 0.29) is 30.0 Å². The van der Waals surface area contributed by atoms with Crippen LogP contribution in [-0.4, -0.2) is 58.8 Å². The number of nitrogens with one attached hydrogen (secondary N) is 2. The predicted octanol–water partition coefficient (Wildman–Crippen LogP) is 2.54. The van der Waals surface area contributed by atoms with E-state index in [2.05, 4.69) is 53.3 Å². The average molecular weight is 504 g/mol. The number of hydrogen-bond donors (Lipinski definition) is 2. The zero-order valence-corrected chi connectivity index (χ0v) is 20.5. The number of carbonyl (C=O) groups is 1. The smallest absolute Gasteiger partial charge is 0.222 e. The molecule has 2 N–H and O–H groups in total. The standard InChI is InChI=1S/C20H36N6O.HI/c1-7-17(26-12-8-9-19(26)27)10-11-22-20(21-5)23-14(2)13-18-15(3)24-25(6)16(18)4;/h14,17H,7-13H2,1-6H3,(H2,21,22,23);1H. The molecule has 2 rings (SSSR count). The molecule has 8 heteroatoms. The first-order valence-corrected chi connectivity index (χ1v) is 10.1. The van der Waals surface area contributed by atoms with Gasteiger partial charge in [-0.1, -0.05) is 6.92 Å². The highest BCUT2D eigenvalue weighted by Gasteiger charge is 2.26. The SMILES string of the molecule is CCC(CCNC(=NC)NC(C)Cc1c(C)nn(C)c1C)N1CCCC1=O.I. The normalized spacial score (nSPS) is 16.7. The second-order valence-corrected chi connectivity index (χ2v) is 7.56. The van der Waals surface area contributed by atoms with Gasteiger partial charge in [0, 0.05) is 51.4 Å². The van der Waals surface area contributed by atoms with E-state index in [4.69, 9.17) is 0 Å². The third-order valence-corrected chi connectivity index (χ3v) is 5.57. The van der Waals surface area contributed by atoms with Crippen LogP contribution in [0.1, 0.15) is 56.5 Å². The minimum absolute atomic E-state index is 0. The zero-order valence-electron chi connectivity index (χ0n) is 18.2. The van der Waals surface area contributed by atoms with Gasteiger partial charge in [-0.25, -0.2) is 0 Å². The van der Waals surface area contributed by atoms with E-state index in [1.54, 1.807) is 7.05 Å². The fraction of sp³-hybridized carbons (Fsp3) is 0.750. The summed E-state index contributed by atoms with van der Waals surface area (Å²) in [5.41, 5.74) is 3.60. The van der Waals surface area contributed by atoms with E-state index in [1.165, 1.54) is 11.3 Å². The Morgan fingerprint density at radius 2 is 2.07 bits per heavy atom. The second kappa shape index (κ2) is 11.6. The Balaban J connectivity index is 0.00000392. The molecule has 0 radical (unpaired) electrons. The Hall–Kier alpha value is -1.32. The number of aliphatic imine (C=N–C) groups is 1. The lowest BCUT2D eigenvalue weighted by molar-refractivity contribution is -0.129. The van der Waals surface area contributed by atoms with Crippen molar-refractivity contribution in [3.8, 4) is 0 Å². The minimum Gasteiger partial charge on any atom is -0.356 e. The molecule has 2 unspecified atom stereocenters. The monoisotopic (exact) mass is 504 g/mol.